The summed E-state index contributed by atoms with van der Waals surface area (Å²) in [4.78, 5) is 8.15. The van der Waals surface area contributed by atoms with Gasteiger partial charge in [0.1, 0.15) is 0 Å². The molecule has 0 amide bonds. The molecule has 0 spiro atoms. The molecule has 3 heterocycles. The molecule has 5 nitrogen and oxygen atoms in total. The molecule has 1 N–H and O–H groups in total. The Bertz CT molecular complexity index is 712. The number of pyridine rings is 1. The molecule has 0 bridgehead atoms. The van der Waals surface area contributed by atoms with E-state index in [2.05, 4.69) is 31.0 Å². The molecule has 0 fully saturated rings. The molecule has 0 saturated carbocycles. The standard InChI is InChI=1S/C13H11BrN4O/c14-10-3-9(5-16-6-10)4-13(19)11-7-17-18-2-1-15-8-12(11)18/h1-3,5-8,13,19H,4H2. The second kappa shape index (κ2) is 5.07. The number of halogens is 1. The van der Waals surface area contributed by atoms with Gasteiger partial charge in [-0.05, 0) is 27.6 Å². The highest BCUT2D eigenvalue weighted by Gasteiger charge is 2.14. The van der Waals surface area contributed by atoms with E-state index in [1.807, 2.05) is 6.07 Å². The van der Waals surface area contributed by atoms with Gasteiger partial charge in [0.15, 0.2) is 0 Å². The maximum atomic E-state index is 10.3. The number of hydrogen-bond acceptors (Lipinski definition) is 4. The minimum atomic E-state index is -0.627. The average molecular weight is 319 g/mol. The Labute approximate surface area is 118 Å². The lowest BCUT2D eigenvalue weighted by Gasteiger charge is -2.09. The summed E-state index contributed by atoms with van der Waals surface area (Å²) >= 11 is 3.37. The molecule has 0 aliphatic rings. The van der Waals surface area contributed by atoms with Crippen molar-refractivity contribution >= 4 is 21.4 Å². The van der Waals surface area contributed by atoms with Crippen molar-refractivity contribution in [1.29, 1.82) is 0 Å². The molecule has 1 unspecified atom stereocenters. The maximum absolute atomic E-state index is 10.3. The summed E-state index contributed by atoms with van der Waals surface area (Å²) in [6, 6.07) is 1.94. The highest BCUT2D eigenvalue weighted by molar-refractivity contribution is 9.10. The van der Waals surface area contributed by atoms with Crippen LogP contribution in [0.4, 0.5) is 0 Å². The van der Waals surface area contributed by atoms with Crippen LogP contribution in [0.5, 0.6) is 0 Å². The predicted octanol–water partition coefficient (Wildman–Crippen LogP) is 2.16. The van der Waals surface area contributed by atoms with Crippen molar-refractivity contribution in [2.45, 2.75) is 12.5 Å². The van der Waals surface area contributed by atoms with E-state index in [0.29, 0.717) is 6.42 Å². The van der Waals surface area contributed by atoms with Gasteiger partial charge in [-0.2, -0.15) is 5.10 Å². The van der Waals surface area contributed by atoms with Crippen molar-refractivity contribution in [2.24, 2.45) is 0 Å². The van der Waals surface area contributed by atoms with Gasteiger partial charge in [0.25, 0.3) is 0 Å². The number of aliphatic hydroxyl groups excluding tert-OH is 1. The molecule has 0 saturated heterocycles. The molecule has 3 aromatic rings. The average Bonchev–Trinajstić information content (AvgIpc) is 2.82. The second-order valence-electron chi connectivity index (χ2n) is 4.24. The van der Waals surface area contributed by atoms with Gasteiger partial charge in [0.2, 0.25) is 0 Å². The number of aliphatic hydroxyl groups is 1. The largest absolute Gasteiger partial charge is 0.388 e. The molecular weight excluding hydrogens is 308 g/mol. The van der Waals surface area contributed by atoms with E-state index < -0.39 is 6.10 Å². The monoisotopic (exact) mass is 318 g/mol. The predicted molar refractivity (Wildman–Crippen MR) is 73.6 cm³/mol. The number of aromatic nitrogens is 4. The van der Waals surface area contributed by atoms with Crippen LogP contribution in [-0.2, 0) is 6.42 Å². The minimum Gasteiger partial charge on any atom is -0.388 e. The van der Waals surface area contributed by atoms with Crippen LogP contribution in [0.15, 0.2) is 47.7 Å². The van der Waals surface area contributed by atoms with E-state index in [1.165, 1.54) is 0 Å². The van der Waals surface area contributed by atoms with Gasteiger partial charge >= 0.3 is 0 Å². The van der Waals surface area contributed by atoms with E-state index in [4.69, 9.17) is 0 Å². The van der Waals surface area contributed by atoms with Gasteiger partial charge in [0.05, 0.1) is 24.0 Å². The normalized spacial score (nSPS) is 12.7. The van der Waals surface area contributed by atoms with E-state index in [1.54, 1.807) is 41.7 Å². The molecule has 96 valence electrons. The summed E-state index contributed by atoms with van der Waals surface area (Å²) in [6.07, 6.45) is 10.1. The van der Waals surface area contributed by atoms with Gasteiger partial charge < -0.3 is 5.11 Å². The highest BCUT2D eigenvalue weighted by Crippen LogP contribution is 2.22. The van der Waals surface area contributed by atoms with Crippen LogP contribution in [0.25, 0.3) is 5.52 Å². The fourth-order valence-electron chi connectivity index (χ4n) is 2.01. The van der Waals surface area contributed by atoms with Crippen LogP contribution in [0.2, 0.25) is 0 Å². The summed E-state index contributed by atoms with van der Waals surface area (Å²) in [5, 5.41) is 14.5. The van der Waals surface area contributed by atoms with Crippen LogP contribution in [0.3, 0.4) is 0 Å². The van der Waals surface area contributed by atoms with Crippen LogP contribution >= 0.6 is 15.9 Å². The first-order valence-corrected chi connectivity index (χ1v) is 6.58. The van der Waals surface area contributed by atoms with Crippen molar-refractivity contribution < 1.29 is 5.11 Å². The molecule has 6 heteroatoms. The molecule has 19 heavy (non-hydrogen) atoms. The highest BCUT2D eigenvalue weighted by atomic mass is 79.9. The molecule has 0 radical (unpaired) electrons. The summed E-state index contributed by atoms with van der Waals surface area (Å²) < 4.78 is 2.60. The first-order chi connectivity index (χ1) is 9.24. The molecule has 0 aliphatic carbocycles. The van der Waals surface area contributed by atoms with E-state index in [0.717, 1.165) is 21.1 Å². The minimum absolute atomic E-state index is 0.489. The van der Waals surface area contributed by atoms with Crippen molar-refractivity contribution in [3.63, 3.8) is 0 Å². The van der Waals surface area contributed by atoms with Gasteiger partial charge in [-0.25, -0.2) is 4.52 Å². The zero-order valence-electron chi connectivity index (χ0n) is 9.94. The molecule has 3 rings (SSSR count). The molecular formula is C13H11BrN4O. The summed E-state index contributed by atoms with van der Waals surface area (Å²) in [7, 11) is 0. The SMILES string of the molecule is OC(Cc1cncc(Br)c1)c1cnn2ccncc12. The van der Waals surface area contributed by atoms with Crippen LogP contribution < -0.4 is 0 Å². The lowest BCUT2D eigenvalue weighted by atomic mass is 10.0. The quantitative estimate of drug-likeness (QED) is 0.803. The van der Waals surface area contributed by atoms with Gasteiger partial charge in [0, 0.05) is 41.2 Å². The third kappa shape index (κ3) is 2.50. The molecule has 1 atom stereocenters. The Morgan fingerprint density at radius 1 is 1.21 bits per heavy atom. The fraction of sp³-hybridized carbons (Fsp3) is 0.154. The summed E-state index contributed by atoms with van der Waals surface area (Å²) in [5.41, 5.74) is 2.55. The third-order valence-corrected chi connectivity index (χ3v) is 3.34. The van der Waals surface area contributed by atoms with E-state index in [9.17, 15) is 5.11 Å². The number of nitrogens with zero attached hydrogens (tertiary/aromatic N) is 4. The Balaban J connectivity index is 1.90. The van der Waals surface area contributed by atoms with Crippen molar-refractivity contribution in [2.75, 3.05) is 0 Å². The van der Waals surface area contributed by atoms with Crippen LogP contribution in [-0.4, -0.2) is 24.7 Å². The second-order valence-corrected chi connectivity index (χ2v) is 5.15. The first-order valence-electron chi connectivity index (χ1n) is 5.79. The lowest BCUT2D eigenvalue weighted by Crippen LogP contribution is -2.02. The number of rotatable bonds is 3. The zero-order valence-corrected chi connectivity index (χ0v) is 11.5. The van der Waals surface area contributed by atoms with E-state index >= 15 is 0 Å². The number of hydrogen-bond donors (Lipinski definition) is 1. The molecule has 3 aromatic heterocycles. The zero-order chi connectivity index (χ0) is 13.2. The topological polar surface area (TPSA) is 63.3 Å². The Kier molecular flexibility index (Phi) is 3.27. The maximum Gasteiger partial charge on any atom is 0.0903 e. The third-order valence-electron chi connectivity index (χ3n) is 2.90. The first kappa shape index (κ1) is 12.3. The molecule has 0 aliphatic heterocycles. The van der Waals surface area contributed by atoms with E-state index in [-0.39, 0.29) is 0 Å². The Hall–Kier alpha value is -1.79. The number of fused-ring (bicyclic) bond motifs is 1. The van der Waals surface area contributed by atoms with Crippen molar-refractivity contribution in [3.8, 4) is 0 Å². The smallest absolute Gasteiger partial charge is 0.0903 e. The van der Waals surface area contributed by atoms with Gasteiger partial charge in [-0.1, -0.05) is 0 Å². The Morgan fingerprint density at radius 3 is 2.95 bits per heavy atom. The van der Waals surface area contributed by atoms with Crippen molar-refractivity contribution in [3.05, 3.63) is 58.8 Å². The fourth-order valence-corrected chi connectivity index (χ4v) is 2.42. The van der Waals surface area contributed by atoms with Crippen LogP contribution in [0.1, 0.15) is 17.2 Å². The van der Waals surface area contributed by atoms with Gasteiger partial charge in [-0.3, -0.25) is 9.97 Å². The Morgan fingerprint density at radius 2 is 2.11 bits per heavy atom. The van der Waals surface area contributed by atoms with Crippen molar-refractivity contribution in [1.82, 2.24) is 19.6 Å². The molecule has 0 aromatic carbocycles. The lowest BCUT2D eigenvalue weighted by molar-refractivity contribution is 0.180. The van der Waals surface area contributed by atoms with Gasteiger partial charge in [-0.15, -0.1) is 0 Å². The van der Waals surface area contributed by atoms with Crippen LogP contribution in [0, 0.1) is 0 Å². The summed E-state index contributed by atoms with van der Waals surface area (Å²) in [5.74, 6) is 0. The summed E-state index contributed by atoms with van der Waals surface area (Å²) in [6.45, 7) is 0.